The van der Waals surface area contributed by atoms with Gasteiger partial charge in [-0.05, 0) is 6.42 Å². The summed E-state index contributed by atoms with van der Waals surface area (Å²) < 4.78 is 62.5. The molecule has 0 saturated carbocycles. The molecule has 10 heteroatoms. The summed E-state index contributed by atoms with van der Waals surface area (Å²) in [7, 11) is -5.82. The maximum atomic E-state index is 12.6. The van der Waals surface area contributed by atoms with E-state index in [1.165, 1.54) is 0 Å². The van der Waals surface area contributed by atoms with Crippen molar-refractivity contribution in [3.05, 3.63) is 0 Å². The lowest BCUT2D eigenvalue weighted by atomic mass is 10.4. The Bertz CT molecular complexity index is 354. The van der Waals surface area contributed by atoms with Gasteiger partial charge in [-0.2, -0.15) is 17.2 Å². The highest BCUT2D eigenvalue weighted by Crippen LogP contribution is 2.22. The molecule has 108 valence electrons. The molecule has 7 nitrogen and oxygen atoms in total. The van der Waals surface area contributed by atoms with Gasteiger partial charge in [-0.1, -0.05) is 0 Å². The van der Waals surface area contributed by atoms with Crippen molar-refractivity contribution in [1.82, 2.24) is 0 Å². The summed E-state index contributed by atoms with van der Waals surface area (Å²) in [6.07, 6.45) is 0.499. The van der Waals surface area contributed by atoms with E-state index in [4.69, 9.17) is 14.4 Å². The normalized spacial score (nSPS) is 12.4. The number of aliphatic hydroxyl groups excluding tert-OH is 1. The van der Waals surface area contributed by atoms with Gasteiger partial charge in [0.2, 0.25) is 0 Å². The summed E-state index contributed by atoms with van der Waals surface area (Å²) in [5, 5.41) is 3.43. The number of esters is 1. The van der Waals surface area contributed by atoms with Gasteiger partial charge in [-0.15, -0.1) is 0 Å². The SMILES string of the molecule is O=C(OCCCOCCCO)C(F)(F)S(=O)(=O)O. The summed E-state index contributed by atoms with van der Waals surface area (Å²) >= 11 is 0. The van der Waals surface area contributed by atoms with Crippen LogP contribution in [0.2, 0.25) is 0 Å². The van der Waals surface area contributed by atoms with Crippen molar-refractivity contribution in [2.45, 2.75) is 18.1 Å². The van der Waals surface area contributed by atoms with Crippen molar-refractivity contribution >= 4 is 16.1 Å². The fourth-order valence-corrected chi connectivity index (χ4v) is 1.05. The highest BCUT2D eigenvalue weighted by atomic mass is 32.2. The average molecular weight is 292 g/mol. The van der Waals surface area contributed by atoms with Crippen LogP contribution < -0.4 is 0 Å². The van der Waals surface area contributed by atoms with Crippen LogP contribution in [0.15, 0.2) is 0 Å². The van der Waals surface area contributed by atoms with Crippen molar-refractivity contribution in [1.29, 1.82) is 0 Å². The number of ether oxygens (including phenoxy) is 2. The van der Waals surface area contributed by atoms with Crippen molar-refractivity contribution in [2.24, 2.45) is 0 Å². The average Bonchev–Trinajstić information content (AvgIpc) is 2.26. The predicted octanol–water partition coefficient (Wildman–Crippen LogP) is -0.201. The molecule has 0 spiro atoms. The fourth-order valence-electron chi connectivity index (χ4n) is 0.784. The summed E-state index contributed by atoms with van der Waals surface area (Å²) in [6.45, 7) is -0.144. The fraction of sp³-hybridized carbons (Fsp3) is 0.875. The minimum atomic E-state index is -5.82. The molecule has 0 rings (SSSR count). The third-order valence-corrected chi connectivity index (χ3v) is 2.49. The topological polar surface area (TPSA) is 110 Å². The second kappa shape index (κ2) is 7.56. The van der Waals surface area contributed by atoms with Gasteiger partial charge in [0.05, 0.1) is 6.61 Å². The first-order chi connectivity index (χ1) is 8.23. The maximum absolute atomic E-state index is 12.6. The molecule has 0 aromatic carbocycles. The Balaban J connectivity index is 3.85. The molecule has 0 aromatic heterocycles. The van der Waals surface area contributed by atoms with E-state index in [0.717, 1.165) is 0 Å². The van der Waals surface area contributed by atoms with Gasteiger partial charge in [0.25, 0.3) is 0 Å². The van der Waals surface area contributed by atoms with E-state index < -0.39 is 27.9 Å². The third-order valence-electron chi connectivity index (χ3n) is 1.67. The molecular weight excluding hydrogens is 278 g/mol. The molecule has 0 atom stereocenters. The summed E-state index contributed by atoms with van der Waals surface area (Å²) in [5.41, 5.74) is 0. The molecule has 18 heavy (non-hydrogen) atoms. The zero-order valence-corrected chi connectivity index (χ0v) is 10.2. The minimum absolute atomic E-state index is 0.0461. The molecule has 0 aliphatic heterocycles. The molecule has 0 aliphatic rings. The second-order valence-corrected chi connectivity index (χ2v) is 4.63. The molecular formula is C8H14F2O7S. The lowest BCUT2D eigenvalue weighted by Gasteiger charge is -2.11. The lowest BCUT2D eigenvalue weighted by Crippen LogP contribution is -2.39. The predicted molar refractivity (Wildman–Crippen MR) is 54.6 cm³/mol. The first kappa shape index (κ1) is 17.2. The molecule has 0 aromatic rings. The summed E-state index contributed by atoms with van der Waals surface area (Å²) in [5.74, 6) is -2.33. The van der Waals surface area contributed by atoms with Crippen LogP contribution in [0.5, 0.6) is 0 Å². The van der Waals surface area contributed by atoms with E-state index in [1.807, 2.05) is 0 Å². The van der Waals surface area contributed by atoms with Crippen molar-refractivity contribution in [3.63, 3.8) is 0 Å². The molecule has 0 radical (unpaired) electrons. The Hall–Kier alpha value is -0.840. The van der Waals surface area contributed by atoms with E-state index >= 15 is 0 Å². The van der Waals surface area contributed by atoms with Crippen LogP contribution in [0.1, 0.15) is 12.8 Å². The van der Waals surface area contributed by atoms with Gasteiger partial charge in [0, 0.05) is 26.2 Å². The summed E-state index contributed by atoms with van der Waals surface area (Å²) in [6, 6.07) is 0. The number of carbonyl (C=O) groups is 1. The number of aliphatic hydroxyl groups is 1. The lowest BCUT2D eigenvalue weighted by molar-refractivity contribution is -0.161. The van der Waals surface area contributed by atoms with Crippen molar-refractivity contribution in [2.75, 3.05) is 26.4 Å². The highest BCUT2D eigenvalue weighted by Gasteiger charge is 2.54. The van der Waals surface area contributed by atoms with E-state index in [-0.39, 0.29) is 26.2 Å². The third kappa shape index (κ3) is 5.67. The Labute approximate surface area is 102 Å². The van der Waals surface area contributed by atoms with Crippen LogP contribution in [0.3, 0.4) is 0 Å². The first-order valence-corrected chi connectivity index (χ1v) is 6.38. The van der Waals surface area contributed by atoms with Crippen LogP contribution in [0.25, 0.3) is 0 Å². The number of alkyl halides is 2. The first-order valence-electron chi connectivity index (χ1n) is 4.94. The molecule has 0 saturated heterocycles. The van der Waals surface area contributed by atoms with E-state index in [9.17, 15) is 22.0 Å². The van der Waals surface area contributed by atoms with Crippen LogP contribution in [0.4, 0.5) is 8.78 Å². The van der Waals surface area contributed by atoms with Gasteiger partial charge in [-0.3, -0.25) is 4.55 Å². The van der Waals surface area contributed by atoms with E-state index in [0.29, 0.717) is 6.42 Å². The Morgan fingerprint density at radius 3 is 2.22 bits per heavy atom. The van der Waals surface area contributed by atoms with Crippen molar-refractivity contribution in [3.8, 4) is 0 Å². The van der Waals surface area contributed by atoms with Gasteiger partial charge < -0.3 is 14.6 Å². The molecule has 0 heterocycles. The minimum Gasteiger partial charge on any atom is -0.460 e. The van der Waals surface area contributed by atoms with Crippen LogP contribution in [-0.2, 0) is 24.4 Å². The van der Waals surface area contributed by atoms with Crippen LogP contribution in [0, 0.1) is 0 Å². The maximum Gasteiger partial charge on any atom is 0.465 e. The second-order valence-electron chi connectivity index (χ2n) is 3.17. The number of hydrogen-bond acceptors (Lipinski definition) is 6. The number of carbonyl (C=O) groups excluding carboxylic acids is 1. The van der Waals surface area contributed by atoms with Gasteiger partial charge in [0.15, 0.2) is 0 Å². The van der Waals surface area contributed by atoms with E-state index in [2.05, 4.69) is 4.74 Å². The Kier molecular flexibility index (Phi) is 7.21. The number of halogens is 2. The van der Waals surface area contributed by atoms with Gasteiger partial charge in [0.1, 0.15) is 0 Å². The molecule has 2 N–H and O–H groups in total. The molecule has 0 fully saturated rings. The quantitative estimate of drug-likeness (QED) is 0.344. The Morgan fingerprint density at radius 1 is 1.17 bits per heavy atom. The molecule has 0 unspecified atom stereocenters. The van der Waals surface area contributed by atoms with Gasteiger partial charge >= 0.3 is 21.3 Å². The largest absolute Gasteiger partial charge is 0.465 e. The van der Waals surface area contributed by atoms with Crippen LogP contribution >= 0.6 is 0 Å². The zero-order valence-electron chi connectivity index (χ0n) is 9.34. The standard InChI is InChI=1S/C8H14F2O7S/c9-8(10,18(13,14)15)7(12)17-6-2-5-16-4-1-3-11/h11H,1-6H2,(H,13,14,15). The van der Waals surface area contributed by atoms with Crippen LogP contribution in [-0.4, -0.2) is 55.7 Å². The molecule has 0 bridgehead atoms. The zero-order chi connectivity index (χ0) is 14.2. The molecule has 0 amide bonds. The Morgan fingerprint density at radius 2 is 1.72 bits per heavy atom. The van der Waals surface area contributed by atoms with Crippen molar-refractivity contribution < 1.29 is 41.1 Å². The van der Waals surface area contributed by atoms with E-state index in [1.54, 1.807) is 0 Å². The number of rotatable bonds is 9. The highest BCUT2D eigenvalue weighted by molar-refractivity contribution is 7.87. The summed E-state index contributed by atoms with van der Waals surface area (Å²) in [4.78, 5) is 10.7. The monoisotopic (exact) mass is 292 g/mol. The smallest absolute Gasteiger partial charge is 0.460 e. The molecule has 0 aliphatic carbocycles. The number of hydrogen-bond donors (Lipinski definition) is 2. The van der Waals surface area contributed by atoms with Gasteiger partial charge in [-0.25, -0.2) is 4.79 Å².